The summed E-state index contributed by atoms with van der Waals surface area (Å²) in [6.07, 6.45) is 0.113. The summed E-state index contributed by atoms with van der Waals surface area (Å²) in [5.74, 6) is 1.23. The molecule has 1 atom stereocenters. The van der Waals surface area contributed by atoms with Gasteiger partial charge in [0, 0.05) is 25.7 Å². The van der Waals surface area contributed by atoms with E-state index in [1.807, 2.05) is 66.7 Å². The lowest BCUT2D eigenvalue weighted by Gasteiger charge is -2.30. The molecule has 0 bridgehead atoms. The van der Waals surface area contributed by atoms with E-state index in [0.717, 1.165) is 16.7 Å². The number of hydrogen-bond acceptors (Lipinski definition) is 5. The molecule has 35 heavy (non-hydrogen) atoms. The van der Waals surface area contributed by atoms with Crippen LogP contribution in [0.4, 0.5) is 0 Å². The first-order valence-corrected chi connectivity index (χ1v) is 11.4. The van der Waals surface area contributed by atoms with Gasteiger partial charge >= 0.3 is 0 Å². The van der Waals surface area contributed by atoms with Gasteiger partial charge in [-0.3, -0.25) is 9.59 Å². The van der Waals surface area contributed by atoms with Crippen LogP contribution in [0.5, 0.6) is 17.2 Å². The zero-order valence-corrected chi connectivity index (χ0v) is 20.5. The molecule has 7 nitrogen and oxygen atoms in total. The van der Waals surface area contributed by atoms with Gasteiger partial charge in [0.15, 0.2) is 11.5 Å². The summed E-state index contributed by atoms with van der Waals surface area (Å²) in [5, 5.41) is 0. The van der Waals surface area contributed by atoms with Crippen molar-refractivity contribution in [1.82, 2.24) is 9.80 Å². The Morgan fingerprint density at radius 3 is 2.17 bits per heavy atom. The normalized spacial score (nSPS) is 13.3. The summed E-state index contributed by atoms with van der Waals surface area (Å²) in [4.78, 5) is 30.2. The number of fused-ring (bicyclic) bond motifs is 1. The topological polar surface area (TPSA) is 68.3 Å². The van der Waals surface area contributed by atoms with Gasteiger partial charge in [-0.1, -0.05) is 48.5 Å². The number of methoxy groups -OCH3 is 3. The highest BCUT2D eigenvalue weighted by molar-refractivity contribution is 5.99. The lowest BCUT2D eigenvalue weighted by Crippen LogP contribution is -2.35. The molecule has 0 radical (unpaired) electrons. The molecular formula is C28H30N2O5. The predicted octanol–water partition coefficient (Wildman–Crippen LogP) is 4.46. The standard InChI is InChI=1S/C28H30N2O5/c1-29(17-19-10-6-5-7-11-19)26(31)16-23(30-18-20-12-8-9-13-22(20)28(30)32)21-14-24(33-2)27(35-4)25(15-21)34-3/h5-15,23H,16-18H2,1-4H3/t23-/m0/s1. The van der Waals surface area contributed by atoms with E-state index in [1.54, 1.807) is 38.2 Å². The first-order valence-electron chi connectivity index (χ1n) is 11.4. The van der Waals surface area contributed by atoms with Crippen LogP contribution in [-0.4, -0.2) is 50.0 Å². The van der Waals surface area contributed by atoms with Crippen LogP contribution < -0.4 is 14.2 Å². The molecule has 0 aliphatic carbocycles. The molecule has 0 fully saturated rings. The molecule has 1 heterocycles. The molecule has 0 unspecified atom stereocenters. The molecule has 0 saturated heterocycles. The molecular weight excluding hydrogens is 444 g/mol. The number of benzene rings is 3. The molecule has 1 aliphatic heterocycles. The Kier molecular flexibility index (Phi) is 7.25. The number of rotatable bonds is 9. The van der Waals surface area contributed by atoms with Gasteiger partial charge in [0.1, 0.15) is 0 Å². The SMILES string of the molecule is COc1cc([C@H](CC(=O)N(C)Cc2ccccc2)N2Cc3ccccc3C2=O)cc(OC)c1OC. The van der Waals surface area contributed by atoms with Gasteiger partial charge in [-0.25, -0.2) is 0 Å². The average molecular weight is 475 g/mol. The second-order valence-corrected chi connectivity index (χ2v) is 8.50. The predicted molar refractivity (Wildman–Crippen MR) is 133 cm³/mol. The lowest BCUT2D eigenvalue weighted by molar-refractivity contribution is -0.131. The van der Waals surface area contributed by atoms with E-state index in [2.05, 4.69) is 0 Å². The molecule has 3 aromatic rings. The summed E-state index contributed by atoms with van der Waals surface area (Å²) in [5.41, 5.74) is 3.38. The van der Waals surface area contributed by atoms with Gasteiger partial charge in [0.05, 0.1) is 33.8 Å². The van der Waals surface area contributed by atoms with Crippen molar-refractivity contribution in [3.63, 3.8) is 0 Å². The smallest absolute Gasteiger partial charge is 0.255 e. The van der Waals surface area contributed by atoms with E-state index in [0.29, 0.717) is 35.9 Å². The van der Waals surface area contributed by atoms with Gasteiger partial charge in [-0.15, -0.1) is 0 Å². The number of hydrogen-bond donors (Lipinski definition) is 0. The van der Waals surface area contributed by atoms with Crippen LogP contribution in [0, 0.1) is 0 Å². The summed E-state index contributed by atoms with van der Waals surface area (Å²) < 4.78 is 16.6. The molecule has 1 aliphatic rings. The van der Waals surface area contributed by atoms with Crippen LogP contribution in [0.1, 0.15) is 39.5 Å². The number of carbonyl (C=O) groups excluding carboxylic acids is 2. The van der Waals surface area contributed by atoms with Gasteiger partial charge in [-0.2, -0.15) is 0 Å². The minimum Gasteiger partial charge on any atom is -0.493 e. The molecule has 3 aromatic carbocycles. The Morgan fingerprint density at radius 1 is 0.943 bits per heavy atom. The molecule has 182 valence electrons. The van der Waals surface area contributed by atoms with Gasteiger partial charge in [-0.05, 0) is 34.9 Å². The highest BCUT2D eigenvalue weighted by atomic mass is 16.5. The summed E-state index contributed by atoms with van der Waals surface area (Å²) >= 11 is 0. The van der Waals surface area contributed by atoms with Crippen LogP contribution in [-0.2, 0) is 17.9 Å². The largest absolute Gasteiger partial charge is 0.493 e. The van der Waals surface area contributed by atoms with Crippen molar-refractivity contribution in [2.24, 2.45) is 0 Å². The van der Waals surface area contributed by atoms with Crippen molar-refractivity contribution >= 4 is 11.8 Å². The van der Waals surface area contributed by atoms with E-state index in [9.17, 15) is 9.59 Å². The molecule has 0 N–H and O–H groups in total. The Morgan fingerprint density at radius 2 is 1.57 bits per heavy atom. The third-order valence-electron chi connectivity index (χ3n) is 6.35. The highest BCUT2D eigenvalue weighted by Gasteiger charge is 2.36. The number of ether oxygens (including phenoxy) is 3. The fourth-order valence-electron chi connectivity index (χ4n) is 4.50. The van der Waals surface area contributed by atoms with E-state index in [1.165, 1.54) is 0 Å². The van der Waals surface area contributed by atoms with Crippen molar-refractivity contribution in [2.45, 2.75) is 25.6 Å². The third-order valence-corrected chi connectivity index (χ3v) is 6.35. The Labute approximate surface area is 205 Å². The summed E-state index contributed by atoms with van der Waals surface area (Å²) in [6, 6.07) is 20.5. The molecule has 0 spiro atoms. The minimum absolute atomic E-state index is 0.0728. The first kappa shape index (κ1) is 24.1. The molecule has 0 aromatic heterocycles. The zero-order chi connectivity index (χ0) is 24.9. The minimum atomic E-state index is -0.519. The van der Waals surface area contributed by atoms with Crippen molar-refractivity contribution < 1.29 is 23.8 Å². The van der Waals surface area contributed by atoms with E-state index < -0.39 is 6.04 Å². The van der Waals surface area contributed by atoms with Crippen molar-refractivity contribution in [2.75, 3.05) is 28.4 Å². The van der Waals surface area contributed by atoms with Crippen LogP contribution in [0.3, 0.4) is 0 Å². The molecule has 7 heteroatoms. The summed E-state index contributed by atoms with van der Waals surface area (Å²) in [6.45, 7) is 0.905. The van der Waals surface area contributed by atoms with Crippen LogP contribution >= 0.6 is 0 Å². The Hall–Kier alpha value is -4.00. The highest BCUT2D eigenvalue weighted by Crippen LogP contribution is 2.43. The van der Waals surface area contributed by atoms with E-state index in [4.69, 9.17) is 14.2 Å². The fraction of sp³-hybridized carbons (Fsp3) is 0.286. The van der Waals surface area contributed by atoms with Crippen LogP contribution in [0.25, 0.3) is 0 Å². The van der Waals surface area contributed by atoms with E-state index >= 15 is 0 Å². The molecule has 2 amide bonds. The maximum Gasteiger partial charge on any atom is 0.255 e. The second-order valence-electron chi connectivity index (χ2n) is 8.50. The van der Waals surface area contributed by atoms with Crippen molar-refractivity contribution in [3.8, 4) is 17.2 Å². The van der Waals surface area contributed by atoms with Gasteiger partial charge in [0.2, 0.25) is 11.7 Å². The lowest BCUT2D eigenvalue weighted by atomic mass is 9.99. The summed E-state index contributed by atoms with van der Waals surface area (Å²) in [7, 11) is 6.42. The maximum atomic E-state index is 13.4. The second kappa shape index (κ2) is 10.5. The number of nitrogens with zero attached hydrogens (tertiary/aromatic N) is 2. The quantitative estimate of drug-likeness (QED) is 0.458. The zero-order valence-electron chi connectivity index (χ0n) is 20.5. The van der Waals surface area contributed by atoms with Crippen LogP contribution in [0.15, 0.2) is 66.7 Å². The fourth-order valence-corrected chi connectivity index (χ4v) is 4.50. The average Bonchev–Trinajstić information content (AvgIpc) is 3.22. The Bertz CT molecular complexity index is 1190. The van der Waals surface area contributed by atoms with Crippen molar-refractivity contribution in [3.05, 3.63) is 89.0 Å². The van der Waals surface area contributed by atoms with Crippen LogP contribution in [0.2, 0.25) is 0 Å². The monoisotopic (exact) mass is 474 g/mol. The Balaban J connectivity index is 1.69. The molecule has 4 rings (SSSR count). The van der Waals surface area contributed by atoms with Crippen molar-refractivity contribution in [1.29, 1.82) is 0 Å². The molecule has 0 saturated carbocycles. The van der Waals surface area contributed by atoms with Gasteiger partial charge < -0.3 is 24.0 Å². The number of carbonyl (C=O) groups is 2. The van der Waals surface area contributed by atoms with E-state index in [-0.39, 0.29) is 18.2 Å². The third kappa shape index (κ3) is 4.94. The number of amides is 2. The van der Waals surface area contributed by atoms with Gasteiger partial charge in [0.25, 0.3) is 5.91 Å². The maximum absolute atomic E-state index is 13.4. The first-order chi connectivity index (χ1) is 17.0.